The molecule has 4 heteroatoms. The van der Waals surface area contributed by atoms with Crippen LogP contribution < -0.4 is 4.74 Å². The van der Waals surface area contributed by atoms with Gasteiger partial charge in [0.25, 0.3) is 5.24 Å². The maximum Gasteiger partial charge on any atom is 0.256 e. The molecule has 0 aromatic heterocycles. The van der Waals surface area contributed by atoms with Crippen LogP contribution in [-0.4, -0.2) is 18.5 Å². The van der Waals surface area contributed by atoms with Crippen molar-refractivity contribution in [3.8, 4) is 5.75 Å². The Labute approximate surface area is 80.3 Å². The van der Waals surface area contributed by atoms with Crippen LogP contribution in [0.2, 0.25) is 0 Å². The molecule has 1 aromatic carbocycles. The third-order valence-corrected chi connectivity index (χ3v) is 1.64. The van der Waals surface area contributed by atoms with Crippen molar-refractivity contribution in [2.75, 3.05) is 13.3 Å². The SMILES string of the molecule is O=C(Cl)c1ccccc1OCCF. The molecule has 0 saturated carbocycles. The van der Waals surface area contributed by atoms with Gasteiger partial charge in [0, 0.05) is 0 Å². The lowest BCUT2D eigenvalue weighted by Gasteiger charge is -2.05. The van der Waals surface area contributed by atoms with Crippen LogP contribution in [0.5, 0.6) is 5.75 Å². The van der Waals surface area contributed by atoms with E-state index in [0.717, 1.165) is 0 Å². The summed E-state index contributed by atoms with van der Waals surface area (Å²) in [7, 11) is 0. The van der Waals surface area contributed by atoms with Gasteiger partial charge in [-0.1, -0.05) is 12.1 Å². The molecule has 0 fully saturated rings. The zero-order valence-electron chi connectivity index (χ0n) is 6.80. The monoisotopic (exact) mass is 202 g/mol. The van der Waals surface area contributed by atoms with Crippen LogP contribution in [0.1, 0.15) is 10.4 Å². The van der Waals surface area contributed by atoms with Crippen molar-refractivity contribution in [1.29, 1.82) is 0 Å². The molecule has 0 heterocycles. The normalized spacial score (nSPS) is 9.69. The Bertz CT molecular complexity index is 301. The van der Waals surface area contributed by atoms with E-state index >= 15 is 0 Å². The fourth-order valence-electron chi connectivity index (χ4n) is 0.903. The third-order valence-electron chi connectivity index (χ3n) is 1.43. The van der Waals surface area contributed by atoms with Gasteiger partial charge in [0.15, 0.2) is 0 Å². The second kappa shape index (κ2) is 4.82. The fourth-order valence-corrected chi connectivity index (χ4v) is 1.06. The molecule has 0 bridgehead atoms. The van der Waals surface area contributed by atoms with E-state index in [9.17, 15) is 9.18 Å². The first-order valence-electron chi connectivity index (χ1n) is 3.73. The zero-order valence-corrected chi connectivity index (χ0v) is 7.55. The Morgan fingerprint density at radius 1 is 1.46 bits per heavy atom. The van der Waals surface area contributed by atoms with Crippen LogP contribution in [-0.2, 0) is 0 Å². The number of rotatable bonds is 4. The van der Waals surface area contributed by atoms with E-state index in [2.05, 4.69) is 0 Å². The van der Waals surface area contributed by atoms with Crippen LogP contribution in [0.4, 0.5) is 4.39 Å². The van der Waals surface area contributed by atoms with Crippen molar-refractivity contribution < 1.29 is 13.9 Å². The van der Waals surface area contributed by atoms with E-state index in [0.29, 0.717) is 5.75 Å². The number of alkyl halides is 1. The van der Waals surface area contributed by atoms with Crippen molar-refractivity contribution >= 4 is 16.8 Å². The second-order valence-electron chi connectivity index (χ2n) is 2.31. The molecule has 13 heavy (non-hydrogen) atoms. The number of para-hydroxylation sites is 1. The average Bonchev–Trinajstić information content (AvgIpc) is 2.15. The van der Waals surface area contributed by atoms with Crippen molar-refractivity contribution in [2.45, 2.75) is 0 Å². The first-order valence-corrected chi connectivity index (χ1v) is 4.11. The summed E-state index contributed by atoms with van der Waals surface area (Å²) in [6, 6.07) is 6.46. The van der Waals surface area contributed by atoms with Crippen molar-refractivity contribution in [1.82, 2.24) is 0 Å². The summed E-state index contributed by atoms with van der Waals surface area (Å²) in [5, 5.41) is -0.602. The van der Waals surface area contributed by atoms with Gasteiger partial charge in [-0.15, -0.1) is 0 Å². The van der Waals surface area contributed by atoms with Crippen molar-refractivity contribution in [2.24, 2.45) is 0 Å². The van der Waals surface area contributed by atoms with Crippen LogP contribution in [0.3, 0.4) is 0 Å². The Kier molecular flexibility index (Phi) is 3.71. The maximum absolute atomic E-state index is 11.8. The van der Waals surface area contributed by atoms with Gasteiger partial charge in [-0.25, -0.2) is 4.39 Å². The summed E-state index contributed by atoms with van der Waals surface area (Å²) in [4.78, 5) is 10.8. The van der Waals surface area contributed by atoms with Gasteiger partial charge in [-0.2, -0.15) is 0 Å². The molecule has 0 aliphatic heterocycles. The minimum absolute atomic E-state index is 0.0683. The number of ether oxygens (including phenoxy) is 1. The summed E-state index contributed by atoms with van der Waals surface area (Å²) < 4.78 is 16.7. The average molecular weight is 203 g/mol. The summed E-state index contributed by atoms with van der Waals surface area (Å²) in [6.45, 7) is -0.661. The number of hydrogen-bond acceptors (Lipinski definition) is 2. The molecule has 70 valence electrons. The lowest BCUT2D eigenvalue weighted by Crippen LogP contribution is -2.02. The van der Waals surface area contributed by atoms with Crippen LogP contribution >= 0.6 is 11.6 Å². The van der Waals surface area contributed by atoms with E-state index in [1.807, 2.05) is 0 Å². The molecule has 0 unspecified atom stereocenters. The molecule has 1 aromatic rings. The minimum atomic E-state index is -0.602. The Morgan fingerprint density at radius 2 is 2.15 bits per heavy atom. The highest BCUT2D eigenvalue weighted by atomic mass is 35.5. The highest BCUT2D eigenvalue weighted by molar-refractivity contribution is 6.68. The highest BCUT2D eigenvalue weighted by Crippen LogP contribution is 2.19. The van der Waals surface area contributed by atoms with E-state index in [4.69, 9.17) is 16.3 Å². The Balaban J connectivity index is 2.84. The summed E-state index contributed by atoms with van der Waals surface area (Å²) in [6.07, 6.45) is 0. The molecule has 0 saturated heterocycles. The number of hydrogen-bond donors (Lipinski definition) is 0. The predicted octanol–water partition coefficient (Wildman–Crippen LogP) is 2.41. The zero-order chi connectivity index (χ0) is 9.68. The molecule has 0 amide bonds. The summed E-state index contributed by atoms with van der Waals surface area (Å²) >= 11 is 5.27. The van der Waals surface area contributed by atoms with Crippen LogP contribution in [0.15, 0.2) is 24.3 Å². The predicted molar refractivity (Wildman–Crippen MR) is 48.1 cm³/mol. The molecule has 0 atom stereocenters. The van der Waals surface area contributed by atoms with E-state index in [-0.39, 0.29) is 12.2 Å². The number of carbonyl (C=O) groups excluding carboxylic acids is 1. The molecule has 0 spiro atoms. The second-order valence-corrected chi connectivity index (χ2v) is 2.65. The third kappa shape index (κ3) is 2.70. The van der Waals surface area contributed by atoms with Gasteiger partial charge in [-0.05, 0) is 23.7 Å². The standard InChI is InChI=1S/C9H8ClFO2/c10-9(12)7-3-1-2-4-8(7)13-6-5-11/h1-4H,5-6H2. The molecule has 1 rings (SSSR count). The van der Waals surface area contributed by atoms with E-state index < -0.39 is 11.9 Å². The lowest BCUT2D eigenvalue weighted by atomic mass is 10.2. The summed E-state index contributed by atoms with van der Waals surface area (Å²) in [5.74, 6) is 0.320. The molecule has 0 aliphatic carbocycles. The van der Waals surface area contributed by atoms with Crippen LogP contribution in [0.25, 0.3) is 0 Å². The van der Waals surface area contributed by atoms with Gasteiger partial charge in [0.1, 0.15) is 19.0 Å². The molecular weight excluding hydrogens is 195 g/mol. The number of halogens is 2. The quantitative estimate of drug-likeness (QED) is 0.701. The largest absolute Gasteiger partial charge is 0.490 e. The summed E-state index contributed by atoms with van der Waals surface area (Å²) in [5.41, 5.74) is 0.262. The number of carbonyl (C=O) groups is 1. The van der Waals surface area contributed by atoms with Gasteiger partial charge < -0.3 is 4.74 Å². The molecule has 0 N–H and O–H groups in total. The topological polar surface area (TPSA) is 26.3 Å². The molecular formula is C9H8ClFO2. The Morgan fingerprint density at radius 3 is 2.77 bits per heavy atom. The number of benzene rings is 1. The first kappa shape index (κ1) is 9.99. The molecule has 0 radical (unpaired) electrons. The van der Waals surface area contributed by atoms with Gasteiger partial charge in [0.2, 0.25) is 0 Å². The first-order chi connectivity index (χ1) is 6.25. The Hall–Kier alpha value is -1.09. The smallest absolute Gasteiger partial charge is 0.256 e. The molecule has 2 nitrogen and oxygen atoms in total. The van der Waals surface area contributed by atoms with Crippen molar-refractivity contribution in [3.05, 3.63) is 29.8 Å². The van der Waals surface area contributed by atoms with Gasteiger partial charge in [-0.3, -0.25) is 4.79 Å². The van der Waals surface area contributed by atoms with Gasteiger partial charge >= 0.3 is 0 Å². The molecule has 0 aliphatic rings. The fraction of sp³-hybridized carbons (Fsp3) is 0.222. The lowest BCUT2D eigenvalue weighted by molar-refractivity contribution is 0.107. The van der Waals surface area contributed by atoms with Crippen LogP contribution in [0, 0.1) is 0 Å². The highest BCUT2D eigenvalue weighted by Gasteiger charge is 2.08. The van der Waals surface area contributed by atoms with E-state index in [1.54, 1.807) is 18.2 Å². The van der Waals surface area contributed by atoms with E-state index in [1.165, 1.54) is 6.07 Å². The minimum Gasteiger partial charge on any atom is -0.490 e. The van der Waals surface area contributed by atoms with Crippen molar-refractivity contribution in [3.63, 3.8) is 0 Å². The van der Waals surface area contributed by atoms with Gasteiger partial charge in [0.05, 0.1) is 5.56 Å². The maximum atomic E-state index is 11.8.